The summed E-state index contributed by atoms with van der Waals surface area (Å²) in [6.45, 7) is 4.34. The topological polar surface area (TPSA) is 26.3 Å². The van der Waals surface area contributed by atoms with Gasteiger partial charge >= 0.3 is 35.5 Å². The minimum absolute atomic E-state index is 0. The van der Waals surface area contributed by atoms with Gasteiger partial charge in [-0.25, -0.2) is 0 Å². The minimum Gasteiger partial charge on any atom is -0.466 e. The Balaban J connectivity index is 0. The number of hydrogen-bond donors (Lipinski definition) is 0. The largest absolute Gasteiger partial charge is 1.00 e. The van der Waals surface area contributed by atoms with Crippen LogP contribution in [0.25, 0.3) is 0 Å². The van der Waals surface area contributed by atoms with Crippen molar-refractivity contribution in [2.24, 2.45) is 0 Å². The summed E-state index contributed by atoms with van der Waals surface area (Å²) in [5, 5.41) is 0. The van der Waals surface area contributed by atoms with E-state index in [1.54, 1.807) is 0 Å². The maximum Gasteiger partial charge on any atom is 1.00 e. The molecular weight excluding hydrogens is 295 g/mol. The van der Waals surface area contributed by atoms with E-state index >= 15 is 0 Å². The van der Waals surface area contributed by atoms with E-state index in [1.807, 2.05) is 0 Å². The van der Waals surface area contributed by atoms with Gasteiger partial charge in [-0.05, 0) is 32.1 Å². The summed E-state index contributed by atoms with van der Waals surface area (Å²) in [5.74, 6) is -0.159. The molecule has 0 rings (SSSR count). The number of rotatable bonds is 16. The molecule has 2 nitrogen and oxygen atoms in total. The van der Waals surface area contributed by atoms with Crippen molar-refractivity contribution in [2.45, 2.75) is 104 Å². The van der Waals surface area contributed by atoms with E-state index in [4.69, 9.17) is 4.74 Å². The third kappa shape index (κ3) is 24.6. The van der Waals surface area contributed by atoms with Crippen molar-refractivity contribution in [3.05, 3.63) is 12.2 Å². The van der Waals surface area contributed by atoms with Gasteiger partial charge in [0.15, 0.2) is 0 Å². The first-order valence-electron chi connectivity index (χ1n) is 9.55. The molecule has 0 radical (unpaired) electrons. The molecule has 0 spiro atoms. The SMILES string of the molecule is CCCCCCCC/C=C\CCCCCCCCOC(C)=O.[Na+]. The molecule has 0 saturated heterocycles. The zero-order chi connectivity index (χ0) is 16.3. The van der Waals surface area contributed by atoms with E-state index in [9.17, 15) is 4.79 Å². The average molecular weight is 334 g/mol. The van der Waals surface area contributed by atoms with Crippen LogP contribution in [-0.2, 0) is 9.53 Å². The standard InChI is InChI=1S/C20H38O2.Na/c1-3-4-5-6-7-8-9-10-11-12-13-14-15-16-17-18-19-22-20(2)21;/h10-11H,3-9,12-19H2,1-2H3;/q;+1/b11-10-;. The Morgan fingerprint density at radius 1 is 0.739 bits per heavy atom. The molecule has 130 valence electrons. The zero-order valence-corrected chi connectivity index (χ0v) is 18.1. The second-order valence-electron chi connectivity index (χ2n) is 6.28. The van der Waals surface area contributed by atoms with Crippen LogP contribution in [0.1, 0.15) is 104 Å². The van der Waals surface area contributed by atoms with Gasteiger partial charge < -0.3 is 4.74 Å². The van der Waals surface area contributed by atoms with Gasteiger partial charge in [0.2, 0.25) is 0 Å². The molecule has 0 aliphatic heterocycles. The molecule has 0 atom stereocenters. The van der Waals surface area contributed by atoms with Crippen LogP contribution in [0.2, 0.25) is 0 Å². The van der Waals surface area contributed by atoms with Gasteiger partial charge in [-0.2, -0.15) is 0 Å². The van der Waals surface area contributed by atoms with E-state index in [-0.39, 0.29) is 35.5 Å². The van der Waals surface area contributed by atoms with Gasteiger partial charge in [0.1, 0.15) is 0 Å². The van der Waals surface area contributed by atoms with E-state index in [2.05, 4.69) is 19.1 Å². The second-order valence-corrected chi connectivity index (χ2v) is 6.28. The molecule has 0 aliphatic carbocycles. The Kier molecular flexibility index (Phi) is 24.6. The number of hydrogen-bond acceptors (Lipinski definition) is 2. The van der Waals surface area contributed by atoms with E-state index < -0.39 is 0 Å². The molecule has 0 aromatic rings. The fourth-order valence-electron chi connectivity index (χ4n) is 2.57. The summed E-state index contributed by atoms with van der Waals surface area (Å²) in [5.41, 5.74) is 0. The van der Waals surface area contributed by atoms with Crippen molar-refractivity contribution in [2.75, 3.05) is 6.61 Å². The maximum absolute atomic E-state index is 10.6. The summed E-state index contributed by atoms with van der Waals surface area (Å²) in [6.07, 6.45) is 23.0. The number of esters is 1. The number of unbranched alkanes of at least 4 members (excludes halogenated alkanes) is 12. The second kappa shape index (κ2) is 22.2. The van der Waals surface area contributed by atoms with Crippen LogP contribution in [0.5, 0.6) is 0 Å². The fourth-order valence-corrected chi connectivity index (χ4v) is 2.57. The molecule has 0 aromatic heterocycles. The predicted molar refractivity (Wildman–Crippen MR) is 96.1 cm³/mol. The van der Waals surface area contributed by atoms with Crippen molar-refractivity contribution < 1.29 is 39.1 Å². The van der Waals surface area contributed by atoms with Crippen molar-refractivity contribution in [3.63, 3.8) is 0 Å². The Hall–Kier alpha value is 0.210. The van der Waals surface area contributed by atoms with Gasteiger partial charge in [-0.3, -0.25) is 4.79 Å². The predicted octanol–water partition coefficient (Wildman–Crippen LogP) is 3.59. The molecule has 0 saturated carbocycles. The molecule has 0 fully saturated rings. The average Bonchev–Trinajstić information content (AvgIpc) is 2.50. The zero-order valence-electron chi connectivity index (χ0n) is 16.1. The summed E-state index contributed by atoms with van der Waals surface area (Å²) in [6, 6.07) is 0. The first-order valence-corrected chi connectivity index (χ1v) is 9.55. The van der Waals surface area contributed by atoms with Crippen LogP contribution >= 0.6 is 0 Å². The molecule has 0 bridgehead atoms. The van der Waals surface area contributed by atoms with Crippen molar-refractivity contribution in [1.29, 1.82) is 0 Å². The van der Waals surface area contributed by atoms with E-state index in [0.29, 0.717) is 6.61 Å². The molecule has 0 N–H and O–H groups in total. The van der Waals surface area contributed by atoms with Crippen LogP contribution in [0.4, 0.5) is 0 Å². The van der Waals surface area contributed by atoms with Crippen LogP contribution in [0.15, 0.2) is 12.2 Å². The van der Waals surface area contributed by atoms with Gasteiger partial charge in [0.25, 0.3) is 0 Å². The molecule has 0 heterocycles. The maximum atomic E-state index is 10.6. The molecule has 0 aliphatic rings. The van der Waals surface area contributed by atoms with Crippen molar-refractivity contribution >= 4 is 5.97 Å². The normalized spacial score (nSPS) is 10.7. The Morgan fingerprint density at radius 3 is 1.65 bits per heavy atom. The molecule has 3 heteroatoms. The Labute approximate surface area is 167 Å². The third-order valence-corrected chi connectivity index (χ3v) is 3.96. The van der Waals surface area contributed by atoms with Crippen LogP contribution < -0.4 is 29.6 Å². The molecule has 0 amide bonds. The van der Waals surface area contributed by atoms with Gasteiger partial charge in [-0.15, -0.1) is 0 Å². The van der Waals surface area contributed by atoms with Crippen molar-refractivity contribution in [1.82, 2.24) is 0 Å². The molecule has 0 unspecified atom stereocenters. The summed E-state index contributed by atoms with van der Waals surface area (Å²) >= 11 is 0. The van der Waals surface area contributed by atoms with Crippen molar-refractivity contribution in [3.8, 4) is 0 Å². The van der Waals surface area contributed by atoms with Crippen LogP contribution in [0.3, 0.4) is 0 Å². The number of ether oxygens (including phenoxy) is 1. The van der Waals surface area contributed by atoms with E-state index in [0.717, 1.165) is 6.42 Å². The van der Waals surface area contributed by atoms with Crippen LogP contribution in [0, 0.1) is 0 Å². The summed E-state index contributed by atoms with van der Waals surface area (Å²) in [4.78, 5) is 10.6. The smallest absolute Gasteiger partial charge is 0.466 e. The minimum atomic E-state index is -0.159. The number of carbonyl (C=O) groups excluding carboxylic acids is 1. The quantitative estimate of drug-likeness (QED) is 0.187. The first-order chi connectivity index (χ1) is 10.8. The monoisotopic (exact) mass is 333 g/mol. The molecule has 23 heavy (non-hydrogen) atoms. The number of allylic oxidation sites excluding steroid dienone is 2. The Morgan fingerprint density at radius 2 is 1.17 bits per heavy atom. The summed E-state index contributed by atoms with van der Waals surface area (Å²) < 4.78 is 4.91. The molecule has 0 aromatic carbocycles. The third-order valence-electron chi connectivity index (χ3n) is 3.96. The van der Waals surface area contributed by atoms with E-state index in [1.165, 1.54) is 90.4 Å². The molecular formula is C20H38NaO2+. The van der Waals surface area contributed by atoms with Gasteiger partial charge in [0.05, 0.1) is 6.61 Å². The van der Waals surface area contributed by atoms with Gasteiger partial charge in [-0.1, -0.05) is 76.9 Å². The summed E-state index contributed by atoms with van der Waals surface area (Å²) in [7, 11) is 0. The fraction of sp³-hybridized carbons (Fsp3) is 0.850. The van der Waals surface area contributed by atoms with Crippen LogP contribution in [-0.4, -0.2) is 12.6 Å². The van der Waals surface area contributed by atoms with Gasteiger partial charge in [0, 0.05) is 6.92 Å². The Bertz CT molecular complexity index is 264. The number of carbonyl (C=O) groups is 1. The first kappa shape index (κ1) is 25.5.